The highest BCUT2D eigenvalue weighted by atomic mass is 16.5. The Morgan fingerprint density at radius 3 is 2.37 bits per heavy atom. The van der Waals surface area contributed by atoms with Crippen LogP contribution in [0.15, 0.2) is 18.2 Å². The molecule has 0 spiro atoms. The van der Waals surface area contributed by atoms with E-state index in [4.69, 9.17) is 15.2 Å². The molecule has 1 fully saturated rings. The molecule has 0 saturated heterocycles. The Bertz CT molecular complexity index is 411. The van der Waals surface area contributed by atoms with Crippen molar-refractivity contribution in [2.24, 2.45) is 11.7 Å². The third-order valence-electron chi connectivity index (χ3n) is 4.39. The van der Waals surface area contributed by atoms with Gasteiger partial charge in [0.15, 0.2) is 0 Å². The standard InChI is InChI=1S/C16H25NO2/c1-4-12-6-5-7-16(17,11-12)13-8-14(18-2)10-15(9-13)19-3/h8-10,12H,4-7,11,17H2,1-3H3. The monoisotopic (exact) mass is 263 g/mol. The van der Waals surface area contributed by atoms with E-state index in [0.717, 1.165) is 35.8 Å². The molecule has 106 valence electrons. The van der Waals surface area contributed by atoms with Gasteiger partial charge >= 0.3 is 0 Å². The summed E-state index contributed by atoms with van der Waals surface area (Å²) in [6.07, 6.45) is 5.81. The van der Waals surface area contributed by atoms with Gasteiger partial charge < -0.3 is 15.2 Å². The molecule has 0 amide bonds. The van der Waals surface area contributed by atoms with E-state index >= 15 is 0 Å². The molecule has 0 aliphatic heterocycles. The second-order valence-corrected chi connectivity index (χ2v) is 5.63. The zero-order valence-corrected chi connectivity index (χ0v) is 12.2. The van der Waals surface area contributed by atoms with E-state index in [-0.39, 0.29) is 5.54 Å². The maximum Gasteiger partial charge on any atom is 0.122 e. The van der Waals surface area contributed by atoms with Crippen molar-refractivity contribution in [2.45, 2.75) is 44.6 Å². The first-order valence-corrected chi connectivity index (χ1v) is 7.13. The van der Waals surface area contributed by atoms with E-state index in [2.05, 4.69) is 19.1 Å². The first-order valence-electron chi connectivity index (χ1n) is 7.13. The summed E-state index contributed by atoms with van der Waals surface area (Å²) >= 11 is 0. The highest BCUT2D eigenvalue weighted by Gasteiger charge is 2.34. The molecular formula is C16H25NO2. The fraction of sp³-hybridized carbons (Fsp3) is 0.625. The maximum absolute atomic E-state index is 6.68. The second-order valence-electron chi connectivity index (χ2n) is 5.63. The topological polar surface area (TPSA) is 44.5 Å². The molecule has 1 aliphatic carbocycles. The molecule has 19 heavy (non-hydrogen) atoms. The molecule has 3 nitrogen and oxygen atoms in total. The van der Waals surface area contributed by atoms with Crippen LogP contribution in [0, 0.1) is 5.92 Å². The van der Waals surface area contributed by atoms with Crippen molar-refractivity contribution in [3.8, 4) is 11.5 Å². The van der Waals surface area contributed by atoms with Gasteiger partial charge in [0, 0.05) is 11.6 Å². The largest absolute Gasteiger partial charge is 0.497 e. The van der Waals surface area contributed by atoms with Crippen molar-refractivity contribution in [1.82, 2.24) is 0 Å². The first kappa shape index (κ1) is 14.2. The summed E-state index contributed by atoms with van der Waals surface area (Å²) in [5, 5.41) is 0. The van der Waals surface area contributed by atoms with Gasteiger partial charge in [0.25, 0.3) is 0 Å². The van der Waals surface area contributed by atoms with Gasteiger partial charge in [-0.2, -0.15) is 0 Å². The lowest BCUT2D eigenvalue weighted by molar-refractivity contribution is 0.220. The smallest absolute Gasteiger partial charge is 0.122 e. The molecule has 1 aliphatic rings. The van der Waals surface area contributed by atoms with Crippen molar-refractivity contribution < 1.29 is 9.47 Å². The zero-order chi connectivity index (χ0) is 13.9. The summed E-state index contributed by atoms with van der Waals surface area (Å²) < 4.78 is 10.7. The fourth-order valence-corrected chi connectivity index (χ4v) is 3.13. The SMILES string of the molecule is CCC1CCCC(N)(c2cc(OC)cc(OC)c2)C1. The molecule has 0 heterocycles. The van der Waals surface area contributed by atoms with Crippen LogP contribution in [0.4, 0.5) is 0 Å². The predicted molar refractivity (Wildman–Crippen MR) is 77.7 cm³/mol. The third kappa shape index (κ3) is 3.03. The van der Waals surface area contributed by atoms with Gasteiger partial charge in [0.1, 0.15) is 11.5 Å². The van der Waals surface area contributed by atoms with Gasteiger partial charge in [0.2, 0.25) is 0 Å². The normalized spacial score (nSPS) is 27.1. The molecule has 3 heteroatoms. The Balaban J connectivity index is 2.33. The zero-order valence-electron chi connectivity index (χ0n) is 12.2. The number of ether oxygens (including phenoxy) is 2. The molecule has 1 aromatic carbocycles. The van der Waals surface area contributed by atoms with Crippen LogP contribution in [-0.2, 0) is 5.54 Å². The van der Waals surface area contributed by atoms with E-state index in [0.29, 0.717) is 0 Å². The summed E-state index contributed by atoms with van der Waals surface area (Å²) in [7, 11) is 3.36. The number of hydrogen-bond donors (Lipinski definition) is 1. The molecule has 0 aromatic heterocycles. The van der Waals surface area contributed by atoms with Gasteiger partial charge in [0.05, 0.1) is 14.2 Å². The van der Waals surface area contributed by atoms with Crippen LogP contribution in [0.2, 0.25) is 0 Å². The van der Waals surface area contributed by atoms with Crippen LogP contribution in [0.1, 0.15) is 44.6 Å². The summed E-state index contributed by atoms with van der Waals surface area (Å²) in [5.41, 5.74) is 7.59. The predicted octanol–water partition coefficient (Wildman–Crippen LogP) is 3.46. The molecule has 2 rings (SSSR count). The lowest BCUT2D eigenvalue weighted by Gasteiger charge is -2.38. The second kappa shape index (κ2) is 5.83. The summed E-state index contributed by atoms with van der Waals surface area (Å²) in [4.78, 5) is 0. The molecule has 0 bridgehead atoms. The number of hydrogen-bond acceptors (Lipinski definition) is 3. The van der Waals surface area contributed by atoms with Crippen LogP contribution >= 0.6 is 0 Å². The van der Waals surface area contributed by atoms with Crippen LogP contribution in [0.3, 0.4) is 0 Å². The van der Waals surface area contributed by atoms with Gasteiger partial charge in [-0.3, -0.25) is 0 Å². The highest BCUT2D eigenvalue weighted by molar-refractivity contribution is 5.41. The van der Waals surface area contributed by atoms with Gasteiger partial charge in [-0.1, -0.05) is 26.2 Å². The summed E-state index contributed by atoms with van der Waals surface area (Å²) in [5.74, 6) is 2.37. The molecule has 1 aromatic rings. The maximum atomic E-state index is 6.68. The van der Waals surface area contributed by atoms with Crippen molar-refractivity contribution in [2.75, 3.05) is 14.2 Å². The van der Waals surface area contributed by atoms with E-state index in [9.17, 15) is 0 Å². The number of benzene rings is 1. The summed E-state index contributed by atoms with van der Waals surface area (Å²) in [6.45, 7) is 2.25. The minimum atomic E-state index is -0.235. The molecular weight excluding hydrogens is 238 g/mol. The lowest BCUT2D eigenvalue weighted by atomic mass is 9.72. The molecule has 2 atom stereocenters. The highest BCUT2D eigenvalue weighted by Crippen LogP contribution is 2.41. The molecule has 0 radical (unpaired) electrons. The van der Waals surface area contributed by atoms with E-state index in [1.165, 1.54) is 19.3 Å². The Hall–Kier alpha value is -1.22. The van der Waals surface area contributed by atoms with Gasteiger partial charge in [-0.25, -0.2) is 0 Å². The molecule has 2 N–H and O–H groups in total. The lowest BCUT2D eigenvalue weighted by Crippen LogP contribution is -2.41. The van der Waals surface area contributed by atoms with Gasteiger partial charge in [-0.05, 0) is 36.5 Å². The summed E-state index contributed by atoms with van der Waals surface area (Å²) in [6, 6.07) is 6.01. The van der Waals surface area contributed by atoms with E-state index in [1.54, 1.807) is 14.2 Å². The van der Waals surface area contributed by atoms with Crippen LogP contribution in [0.5, 0.6) is 11.5 Å². The van der Waals surface area contributed by atoms with E-state index < -0.39 is 0 Å². The Morgan fingerprint density at radius 1 is 1.21 bits per heavy atom. The third-order valence-corrected chi connectivity index (χ3v) is 4.39. The average Bonchev–Trinajstić information content (AvgIpc) is 2.46. The van der Waals surface area contributed by atoms with Crippen molar-refractivity contribution in [3.05, 3.63) is 23.8 Å². The van der Waals surface area contributed by atoms with Crippen molar-refractivity contribution in [3.63, 3.8) is 0 Å². The van der Waals surface area contributed by atoms with Crippen molar-refractivity contribution >= 4 is 0 Å². The molecule has 1 saturated carbocycles. The minimum Gasteiger partial charge on any atom is -0.497 e. The Labute approximate surface area is 116 Å². The first-order chi connectivity index (χ1) is 9.11. The van der Waals surface area contributed by atoms with Crippen LogP contribution in [0.25, 0.3) is 0 Å². The Kier molecular flexibility index (Phi) is 4.35. The van der Waals surface area contributed by atoms with E-state index in [1.807, 2.05) is 6.07 Å². The average molecular weight is 263 g/mol. The number of methoxy groups -OCH3 is 2. The Morgan fingerprint density at radius 2 is 1.84 bits per heavy atom. The number of nitrogens with two attached hydrogens (primary N) is 1. The quantitative estimate of drug-likeness (QED) is 0.904. The van der Waals surface area contributed by atoms with Crippen LogP contribution < -0.4 is 15.2 Å². The van der Waals surface area contributed by atoms with Crippen LogP contribution in [-0.4, -0.2) is 14.2 Å². The fourth-order valence-electron chi connectivity index (χ4n) is 3.13. The van der Waals surface area contributed by atoms with Gasteiger partial charge in [-0.15, -0.1) is 0 Å². The molecule has 2 unspecified atom stereocenters. The number of rotatable bonds is 4. The van der Waals surface area contributed by atoms with Crippen molar-refractivity contribution in [1.29, 1.82) is 0 Å². The minimum absolute atomic E-state index is 0.235.